The van der Waals surface area contributed by atoms with E-state index in [2.05, 4.69) is 38.2 Å². The molecule has 0 saturated carbocycles. The topological polar surface area (TPSA) is 47.6 Å². The standard InChI is InChI=1S/C22H29NO3/c1-16-6-11-19(22(2,3)4)20(14-16)26-15-21(24)23-13-12-17-7-9-18(25-5)10-8-17/h6-11,14H,12-13,15H2,1-5H3,(H,23,24). The van der Waals surface area contributed by atoms with Gasteiger partial charge >= 0.3 is 0 Å². The number of carbonyl (C=O) groups is 1. The van der Waals surface area contributed by atoms with E-state index in [-0.39, 0.29) is 17.9 Å². The molecule has 1 N–H and O–H groups in total. The lowest BCUT2D eigenvalue weighted by Crippen LogP contribution is -2.31. The number of hydrogen-bond donors (Lipinski definition) is 1. The van der Waals surface area contributed by atoms with Crippen LogP contribution in [0.15, 0.2) is 42.5 Å². The van der Waals surface area contributed by atoms with Gasteiger partial charge in [-0.3, -0.25) is 4.79 Å². The average molecular weight is 355 g/mol. The van der Waals surface area contributed by atoms with Gasteiger partial charge in [-0.15, -0.1) is 0 Å². The number of rotatable bonds is 7. The summed E-state index contributed by atoms with van der Waals surface area (Å²) in [6.07, 6.45) is 0.771. The number of ether oxygens (including phenoxy) is 2. The molecule has 0 aromatic heterocycles. The van der Waals surface area contributed by atoms with Crippen LogP contribution in [0.4, 0.5) is 0 Å². The van der Waals surface area contributed by atoms with Gasteiger partial charge in [0.1, 0.15) is 11.5 Å². The first-order valence-corrected chi connectivity index (χ1v) is 8.93. The molecule has 2 aromatic rings. The van der Waals surface area contributed by atoms with E-state index >= 15 is 0 Å². The molecule has 26 heavy (non-hydrogen) atoms. The molecule has 0 aliphatic heterocycles. The Morgan fingerprint density at radius 1 is 1.08 bits per heavy atom. The van der Waals surface area contributed by atoms with Gasteiger partial charge in [-0.25, -0.2) is 0 Å². The average Bonchev–Trinajstić information content (AvgIpc) is 2.59. The maximum absolute atomic E-state index is 12.1. The minimum absolute atomic E-state index is 0.0230. The van der Waals surface area contributed by atoms with Crippen LogP contribution in [0.1, 0.15) is 37.5 Å². The van der Waals surface area contributed by atoms with E-state index < -0.39 is 0 Å². The molecule has 0 aliphatic carbocycles. The molecule has 0 fully saturated rings. The molecule has 0 heterocycles. The van der Waals surface area contributed by atoms with Crippen molar-refractivity contribution in [1.29, 1.82) is 0 Å². The zero-order valence-corrected chi connectivity index (χ0v) is 16.4. The van der Waals surface area contributed by atoms with Crippen molar-refractivity contribution >= 4 is 5.91 Å². The summed E-state index contributed by atoms with van der Waals surface area (Å²) >= 11 is 0. The van der Waals surface area contributed by atoms with Gasteiger partial charge in [0.05, 0.1) is 7.11 Å². The molecule has 2 rings (SSSR count). The van der Waals surface area contributed by atoms with Crippen LogP contribution in [0, 0.1) is 6.92 Å². The first kappa shape index (κ1) is 19.8. The quantitative estimate of drug-likeness (QED) is 0.815. The summed E-state index contributed by atoms with van der Waals surface area (Å²) in [7, 11) is 1.65. The number of nitrogens with one attached hydrogen (secondary N) is 1. The Kier molecular flexibility index (Phi) is 6.67. The van der Waals surface area contributed by atoms with Gasteiger partial charge in [-0.1, -0.05) is 45.0 Å². The van der Waals surface area contributed by atoms with Crippen LogP contribution >= 0.6 is 0 Å². The molecular weight excluding hydrogens is 326 g/mol. The fourth-order valence-electron chi connectivity index (χ4n) is 2.70. The highest BCUT2D eigenvalue weighted by molar-refractivity contribution is 5.77. The van der Waals surface area contributed by atoms with Crippen molar-refractivity contribution in [2.45, 2.75) is 39.5 Å². The van der Waals surface area contributed by atoms with Crippen LogP contribution < -0.4 is 14.8 Å². The van der Waals surface area contributed by atoms with Crippen LogP contribution in [0.2, 0.25) is 0 Å². The second kappa shape index (κ2) is 8.75. The highest BCUT2D eigenvalue weighted by atomic mass is 16.5. The number of hydrogen-bond acceptors (Lipinski definition) is 3. The second-order valence-electron chi connectivity index (χ2n) is 7.49. The van der Waals surface area contributed by atoms with E-state index in [0.29, 0.717) is 6.54 Å². The minimum Gasteiger partial charge on any atom is -0.497 e. The fourth-order valence-corrected chi connectivity index (χ4v) is 2.70. The van der Waals surface area contributed by atoms with Crippen LogP contribution in [-0.4, -0.2) is 26.2 Å². The Balaban J connectivity index is 1.84. The Morgan fingerprint density at radius 3 is 2.38 bits per heavy atom. The lowest BCUT2D eigenvalue weighted by Gasteiger charge is -2.23. The van der Waals surface area contributed by atoms with Crippen LogP contribution in [0.3, 0.4) is 0 Å². The van der Waals surface area contributed by atoms with Gasteiger partial charge in [-0.05, 0) is 53.6 Å². The van der Waals surface area contributed by atoms with Gasteiger partial charge in [0.15, 0.2) is 6.61 Å². The molecule has 1 amide bonds. The van der Waals surface area contributed by atoms with E-state index in [1.807, 2.05) is 37.3 Å². The van der Waals surface area contributed by atoms with Crippen molar-refractivity contribution in [1.82, 2.24) is 5.32 Å². The zero-order chi connectivity index (χ0) is 19.2. The highest BCUT2D eigenvalue weighted by Crippen LogP contribution is 2.32. The summed E-state index contributed by atoms with van der Waals surface area (Å²) in [5.74, 6) is 1.50. The molecular formula is C22H29NO3. The van der Waals surface area contributed by atoms with Gasteiger partial charge in [-0.2, -0.15) is 0 Å². The summed E-state index contributed by atoms with van der Waals surface area (Å²) in [5.41, 5.74) is 3.34. The third kappa shape index (κ3) is 5.80. The fraction of sp³-hybridized carbons (Fsp3) is 0.409. The van der Waals surface area contributed by atoms with Crippen molar-refractivity contribution in [3.63, 3.8) is 0 Å². The molecule has 0 unspecified atom stereocenters. The minimum atomic E-state index is -0.111. The number of carbonyl (C=O) groups excluding carboxylic acids is 1. The van der Waals surface area contributed by atoms with Crippen molar-refractivity contribution in [2.24, 2.45) is 0 Å². The van der Waals surface area contributed by atoms with E-state index in [1.165, 1.54) is 0 Å². The molecule has 0 radical (unpaired) electrons. The molecule has 0 atom stereocenters. The highest BCUT2D eigenvalue weighted by Gasteiger charge is 2.19. The lowest BCUT2D eigenvalue weighted by atomic mass is 9.86. The summed E-state index contributed by atoms with van der Waals surface area (Å²) in [4.78, 5) is 12.1. The number of benzene rings is 2. The monoisotopic (exact) mass is 355 g/mol. The maximum atomic E-state index is 12.1. The number of methoxy groups -OCH3 is 1. The molecule has 0 bridgehead atoms. The van der Waals surface area contributed by atoms with Crippen molar-refractivity contribution in [2.75, 3.05) is 20.3 Å². The molecule has 2 aromatic carbocycles. The summed E-state index contributed by atoms with van der Waals surface area (Å²) in [6, 6.07) is 14.0. The van der Waals surface area contributed by atoms with E-state index in [9.17, 15) is 4.79 Å². The summed E-state index contributed by atoms with van der Waals surface area (Å²) < 4.78 is 11.0. The molecule has 140 valence electrons. The lowest BCUT2D eigenvalue weighted by molar-refractivity contribution is -0.123. The van der Waals surface area contributed by atoms with Gasteiger partial charge < -0.3 is 14.8 Å². The predicted octanol–water partition coefficient (Wildman–Crippen LogP) is 4.04. The van der Waals surface area contributed by atoms with Gasteiger partial charge in [0.25, 0.3) is 5.91 Å². The van der Waals surface area contributed by atoms with Gasteiger partial charge in [0, 0.05) is 6.54 Å². The molecule has 0 aliphatic rings. The summed E-state index contributed by atoms with van der Waals surface area (Å²) in [5, 5.41) is 2.91. The van der Waals surface area contributed by atoms with Crippen LogP contribution in [0.5, 0.6) is 11.5 Å². The molecule has 0 spiro atoms. The zero-order valence-electron chi connectivity index (χ0n) is 16.4. The first-order chi connectivity index (χ1) is 12.3. The number of aryl methyl sites for hydroxylation is 1. The third-order valence-electron chi connectivity index (χ3n) is 4.20. The Hall–Kier alpha value is -2.49. The second-order valence-corrected chi connectivity index (χ2v) is 7.49. The number of amides is 1. The Morgan fingerprint density at radius 2 is 1.77 bits per heavy atom. The molecule has 0 saturated heterocycles. The summed E-state index contributed by atoms with van der Waals surface area (Å²) in [6.45, 7) is 9.04. The maximum Gasteiger partial charge on any atom is 0.257 e. The van der Waals surface area contributed by atoms with Crippen molar-refractivity contribution in [3.05, 3.63) is 59.2 Å². The first-order valence-electron chi connectivity index (χ1n) is 8.93. The van der Waals surface area contributed by atoms with Crippen LogP contribution in [-0.2, 0) is 16.6 Å². The molecule has 4 nitrogen and oxygen atoms in total. The van der Waals surface area contributed by atoms with E-state index in [0.717, 1.165) is 34.6 Å². The van der Waals surface area contributed by atoms with Crippen LogP contribution in [0.25, 0.3) is 0 Å². The third-order valence-corrected chi connectivity index (χ3v) is 4.20. The molecule has 4 heteroatoms. The Bertz CT molecular complexity index is 730. The Labute approximate surface area is 156 Å². The van der Waals surface area contributed by atoms with Crippen molar-refractivity contribution < 1.29 is 14.3 Å². The van der Waals surface area contributed by atoms with E-state index in [4.69, 9.17) is 9.47 Å². The largest absolute Gasteiger partial charge is 0.497 e. The SMILES string of the molecule is COc1ccc(CCNC(=O)COc2cc(C)ccc2C(C)(C)C)cc1. The smallest absolute Gasteiger partial charge is 0.257 e. The van der Waals surface area contributed by atoms with Crippen molar-refractivity contribution in [3.8, 4) is 11.5 Å². The predicted molar refractivity (Wildman–Crippen MR) is 105 cm³/mol. The van der Waals surface area contributed by atoms with Gasteiger partial charge in [0.2, 0.25) is 0 Å². The normalized spacial score (nSPS) is 11.1. The van der Waals surface area contributed by atoms with E-state index in [1.54, 1.807) is 7.11 Å².